The molecule has 1 N–H and O–H groups in total. The van der Waals surface area contributed by atoms with E-state index in [1.807, 2.05) is 6.92 Å². The number of hydrogen-bond acceptors (Lipinski definition) is 4. The molecule has 1 aliphatic heterocycles. The Hall–Kier alpha value is -0.940. The van der Waals surface area contributed by atoms with Crippen LogP contribution >= 0.6 is 0 Å². The van der Waals surface area contributed by atoms with Crippen LogP contribution in [0, 0.1) is 0 Å². The smallest absolute Gasteiger partial charge is 0.246 e. The van der Waals surface area contributed by atoms with Crippen molar-refractivity contribution >= 4 is 11.8 Å². The summed E-state index contributed by atoms with van der Waals surface area (Å²) in [6, 6.07) is 0.233. The Bertz CT molecular complexity index is 305. The molecule has 1 rings (SSSR count). The van der Waals surface area contributed by atoms with Gasteiger partial charge in [-0.3, -0.25) is 14.5 Å². The van der Waals surface area contributed by atoms with Crippen molar-refractivity contribution < 1.29 is 9.59 Å². The first kappa shape index (κ1) is 15.1. The molecule has 0 saturated carbocycles. The standard InChI is InChI=1S/C13H25N3O2/c1-5-16-12(17)9-11(13(16)18)14-7-6-8-15(4)10(2)3/h10-11,14H,5-9H2,1-4H3. The van der Waals surface area contributed by atoms with Gasteiger partial charge in [0.1, 0.15) is 0 Å². The highest BCUT2D eigenvalue weighted by Crippen LogP contribution is 2.12. The third-order valence-electron chi connectivity index (χ3n) is 3.52. The maximum Gasteiger partial charge on any atom is 0.246 e. The van der Waals surface area contributed by atoms with Gasteiger partial charge < -0.3 is 10.2 Å². The minimum absolute atomic E-state index is 0.0562. The van der Waals surface area contributed by atoms with Crippen molar-refractivity contribution in [1.29, 1.82) is 0 Å². The minimum atomic E-state index is -0.304. The Morgan fingerprint density at radius 3 is 2.61 bits per heavy atom. The van der Waals surface area contributed by atoms with Crippen molar-refractivity contribution in [3.8, 4) is 0 Å². The zero-order valence-corrected chi connectivity index (χ0v) is 11.9. The molecule has 0 aliphatic carbocycles. The summed E-state index contributed by atoms with van der Waals surface area (Å²) < 4.78 is 0. The summed E-state index contributed by atoms with van der Waals surface area (Å²) in [4.78, 5) is 26.9. The number of rotatable bonds is 7. The lowest BCUT2D eigenvalue weighted by molar-refractivity contribution is -0.138. The van der Waals surface area contributed by atoms with Crippen LogP contribution < -0.4 is 5.32 Å². The number of amides is 2. The van der Waals surface area contributed by atoms with E-state index in [1.54, 1.807) is 0 Å². The van der Waals surface area contributed by atoms with Crippen LogP contribution in [-0.2, 0) is 9.59 Å². The number of nitrogens with zero attached hydrogens (tertiary/aromatic N) is 2. The number of carbonyl (C=O) groups excluding carboxylic acids is 2. The van der Waals surface area contributed by atoms with Gasteiger partial charge >= 0.3 is 0 Å². The number of nitrogens with one attached hydrogen (secondary N) is 1. The fourth-order valence-electron chi connectivity index (χ4n) is 2.04. The van der Waals surface area contributed by atoms with E-state index in [-0.39, 0.29) is 17.9 Å². The number of imide groups is 1. The molecule has 1 saturated heterocycles. The SMILES string of the molecule is CCN1C(=O)CC(NCCCN(C)C(C)C)C1=O. The molecule has 5 nitrogen and oxygen atoms in total. The summed E-state index contributed by atoms with van der Waals surface area (Å²) in [5.41, 5.74) is 0. The van der Waals surface area contributed by atoms with Gasteiger partial charge in [0.05, 0.1) is 12.5 Å². The highest BCUT2D eigenvalue weighted by molar-refractivity contribution is 6.05. The maximum atomic E-state index is 11.8. The summed E-state index contributed by atoms with van der Waals surface area (Å²) in [6.07, 6.45) is 1.30. The van der Waals surface area contributed by atoms with Gasteiger partial charge in [-0.1, -0.05) is 0 Å². The quantitative estimate of drug-likeness (QED) is 0.530. The molecule has 1 fully saturated rings. The summed E-state index contributed by atoms with van der Waals surface area (Å²) in [6.45, 7) is 8.40. The molecule has 1 unspecified atom stereocenters. The van der Waals surface area contributed by atoms with Crippen molar-refractivity contribution in [1.82, 2.24) is 15.1 Å². The van der Waals surface area contributed by atoms with Crippen molar-refractivity contribution in [2.75, 3.05) is 26.7 Å². The van der Waals surface area contributed by atoms with E-state index in [4.69, 9.17) is 0 Å². The molecule has 0 aromatic rings. The zero-order valence-electron chi connectivity index (χ0n) is 11.9. The fraction of sp³-hybridized carbons (Fsp3) is 0.846. The topological polar surface area (TPSA) is 52.7 Å². The van der Waals surface area contributed by atoms with E-state index in [0.717, 1.165) is 19.5 Å². The van der Waals surface area contributed by atoms with Crippen LogP contribution in [0.3, 0.4) is 0 Å². The highest BCUT2D eigenvalue weighted by atomic mass is 16.2. The maximum absolute atomic E-state index is 11.8. The van der Waals surface area contributed by atoms with Crippen LogP contribution in [0.15, 0.2) is 0 Å². The van der Waals surface area contributed by atoms with E-state index in [2.05, 4.69) is 31.1 Å². The Labute approximate surface area is 110 Å². The van der Waals surface area contributed by atoms with Crippen molar-refractivity contribution in [2.24, 2.45) is 0 Å². The Kier molecular flexibility index (Phi) is 5.75. The molecule has 2 amide bonds. The normalized spacial score (nSPS) is 20.6. The highest BCUT2D eigenvalue weighted by Gasteiger charge is 2.36. The predicted octanol–water partition coefficient (Wildman–Crippen LogP) is 0.454. The van der Waals surface area contributed by atoms with Gasteiger partial charge in [-0.05, 0) is 47.3 Å². The molecule has 0 aromatic carbocycles. The monoisotopic (exact) mass is 255 g/mol. The lowest BCUT2D eigenvalue weighted by Crippen LogP contribution is -2.39. The van der Waals surface area contributed by atoms with Crippen LogP contribution in [-0.4, -0.2) is 60.4 Å². The second-order valence-electron chi connectivity index (χ2n) is 5.11. The lowest BCUT2D eigenvalue weighted by Gasteiger charge is -2.21. The van der Waals surface area contributed by atoms with E-state index in [0.29, 0.717) is 19.0 Å². The van der Waals surface area contributed by atoms with Crippen molar-refractivity contribution in [2.45, 2.75) is 45.7 Å². The molecule has 0 aromatic heterocycles. The Morgan fingerprint density at radius 2 is 2.11 bits per heavy atom. The summed E-state index contributed by atoms with van der Waals surface area (Å²) >= 11 is 0. The molecule has 0 spiro atoms. The van der Waals surface area contributed by atoms with E-state index >= 15 is 0 Å². The number of carbonyl (C=O) groups is 2. The number of hydrogen-bond donors (Lipinski definition) is 1. The first-order valence-electron chi connectivity index (χ1n) is 6.75. The number of likely N-dealkylation sites (tertiary alicyclic amines) is 1. The summed E-state index contributed by atoms with van der Waals surface area (Å²) in [5, 5.41) is 3.18. The van der Waals surface area contributed by atoms with Gasteiger partial charge in [-0.15, -0.1) is 0 Å². The van der Waals surface area contributed by atoms with Gasteiger partial charge in [0.15, 0.2) is 0 Å². The molecule has 18 heavy (non-hydrogen) atoms. The third-order valence-corrected chi connectivity index (χ3v) is 3.52. The van der Waals surface area contributed by atoms with Crippen molar-refractivity contribution in [3.63, 3.8) is 0 Å². The van der Waals surface area contributed by atoms with Gasteiger partial charge in [0, 0.05) is 12.6 Å². The Morgan fingerprint density at radius 1 is 1.44 bits per heavy atom. The van der Waals surface area contributed by atoms with Crippen LogP contribution in [0.25, 0.3) is 0 Å². The minimum Gasteiger partial charge on any atom is -0.305 e. The first-order valence-corrected chi connectivity index (χ1v) is 6.75. The van der Waals surface area contributed by atoms with Gasteiger partial charge in [0.25, 0.3) is 0 Å². The van der Waals surface area contributed by atoms with Crippen molar-refractivity contribution in [3.05, 3.63) is 0 Å². The molecule has 1 atom stereocenters. The Balaban J connectivity index is 2.25. The third kappa shape index (κ3) is 3.78. The van der Waals surface area contributed by atoms with Gasteiger partial charge in [-0.25, -0.2) is 0 Å². The molecule has 5 heteroatoms. The summed E-state index contributed by atoms with van der Waals surface area (Å²) in [5.74, 6) is -0.126. The second-order valence-corrected chi connectivity index (χ2v) is 5.11. The lowest BCUT2D eigenvalue weighted by atomic mass is 10.2. The molecule has 1 aliphatic rings. The first-order chi connectivity index (χ1) is 8.47. The largest absolute Gasteiger partial charge is 0.305 e. The number of likely N-dealkylation sites (N-methyl/N-ethyl adjacent to an activating group) is 1. The fourth-order valence-corrected chi connectivity index (χ4v) is 2.04. The second kappa shape index (κ2) is 6.85. The van der Waals surface area contributed by atoms with E-state index < -0.39 is 0 Å². The average Bonchev–Trinajstić information content (AvgIpc) is 2.59. The predicted molar refractivity (Wildman–Crippen MR) is 71.2 cm³/mol. The zero-order chi connectivity index (χ0) is 13.7. The van der Waals surface area contributed by atoms with Gasteiger partial charge in [-0.2, -0.15) is 0 Å². The molecule has 1 heterocycles. The van der Waals surface area contributed by atoms with Crippen LogP contribution in [0.1, 0.15) is 33.6 Å². The van der Waals surface area contributed by atoms with Crippen LogP contribution in [0.5, 0.6) is 0 Å². The van der Waals surface area contributed by atoms with Crippen LogP contribution in [0.2, 0.25) is 0 Å². The molecule has 104 valence electrons. The average molecular weight is 255 g/mol. The molecule has 0 radical (unpaired) electrons. The summed E-state index contributed by atoms with van der Waals surface area (Å²) in [7, 11) is 2.09. The molecule has 0 bridgehead atoms. The van der Waals surface area contributed by atoms with E-state index in [1.165, 1.54) is 4.90 Å². The molecular weight excluding hydrogens is 230 g/mol. The molecular formula is C13H25N3O2. The van der Waals surface area contributed by atoms with Crippen LogP contribution in [0.4, 0.5) is 0 Å². The van der Waals surface area contributed by atoms with Gasteiger partial charge in [0.2, 0.25) is 11.8 Å². The van der Waals surface area contributed by atoms with E-state index in [9.17, 15) is 9.59 Å².